The summed E-state index contributed by atoms with van der Waals surface area (Å²) in [6.07, 6.45) is 3.82. The van der Waals surface area contributed by atoms with Gasteiger partial charge in [0.1, 0.15) is 24.0 Å². The molecule has 2 aliphatic rings. The first-order valence-electron chi connectivity index (χ1n) is 15.1. The van der Waals surface area contributed by atoms with E-state index >= 15 is 4.39 Å². The first-order valence-corrected chi connectivity index (χ1v) is 15.1. The second kappa shape index (κ2) is 12.2. The Morgan fingerprint density at radius 1 is 1.07 bits per heavy atom. The van der Waals surface area contributed by atoms with E-state index in [1.54, 1.807) is 20.0 Å². The minimum absolute atomic E-state index is 0.0993. The highest BCUT2D eigenvalue weighted by Gasteiger charge is 2.60. The SMILES string of the molecule is Cc1cc(OCCCC(C)(C)O)cc(C)c1-c1cc(COc2cc3c(cn2)[C@H]2[C@@H](C3)[C@@H]2C(=O)OCC(C)C)c(F)cc1F. The van der Waals surface area contributed by atoms with Gasteiger partial charge in [-0.1, -0.05) is 13.8 Å². The molecule has 0 spiro atoms. The molecule has 0 unspecified atom stereocenters. The molecular formula is C35H41F2NO5. The molecule has 43 heavy (non-hydrogen) atoms. The van der Waals surface area contributed by atoms with Crippen LogP contribution >= 0.6 is 0 Å². The molecule has 2 aromatic carbocycles. The van der Waals surface area contributed by atoms with Crippen molar-refractivity contribution in [3.63, 3.8) is 0 Å². The van der Waals surface area contributed by atoms with E-state index < -0.39 is 17.2 Å². The summed E-state index contributed by atoms with van der Waals surface area (Å²) in [5.74, 6) is 0.139. The zero-order chi connectivity index (χ0) is 31.1. The number of hydrogen-bond acceptors (Lipinski definition) is 6. The normalized spacial score (nSPS) is 18.8. The van der Waals surface area contributed by atoms with Gasteiger partial charge in [-0.2, -0.15) is 0 Å². The molecule has 1 aromatic heterocycles. The van der Waals surface area contributed by atoms with Gasteiger partial charge in [0.05, 0.1) is 24.7 Å². The highest BCUT2D eigenvalue weighted by atomic mass is 19.1. The van der Waals surface area contributed by atoms with Gasteiger partial charge in [0.15, 0.2) is 0 Å². The van der Waals surface area contributed by atoms with Crippen molar-refractivity contribution in [3.8, 4) is 22.8 Å². The third-order valence-electron chi connectivity index (χ3n) is 8.30. The van der Waals surface area contributed by atoms with Crippen LogP contribution in [0.3, 0.4) is 0 Å². The van der Waals surface area contributed by atoms with Crippen molar-refractivity contribution in [1.29, 1.82) is 0 Å². The predicted molar refractivity (Wildman–Crippen MR) is 160 cm³/mol. The van der Waals surface area contributed by atoms with Gasteiger partial charge in [-0.3, -0.25) is 4.79 Å². The van der Waals surface area contributed by atoms with Crippen molar-refractivity contribution in [1.82, 2.24) is 4.98 Å². The Kier molecular flexibility index (Phi) is 8.80. The molecule has 0 bridgehead atoms. The standard InChI is InChI=1S/C35H41F2NO5/c1-19(2)17-43-34(39)33-26-12-22-14-30(38-16-27(22)32(26)33)42-18-23-13-25(29(37)15-28(23)36)31-20(3)10-24(11-21(31)4)41-9-7-8-35(5,6)40/h10-11,13-16,19,26,32-33,40H,7-9,12,17-18H2,1-6H3/t26-,32-,33+/m1/s1. The zero-order valence-corrected chi connectivity index (χ0v) is 25.8. The summed E-state index contributed by atoms with van der Waals surface area (Å²) < 4.78 is 47.1. The summed E-state index contributed by atoms with van der Waals surface area (Å²) >= 11 is 0. The minimum atomic E-state index is -0.745. The molecule has 1 heterocycles. The van der Waals surface area contributed by atoms with Gasteiger partial charge < -0.3 is 19.3 Å². The maximum atomic E-state index is 15.1. The summed E-state index contributed by atoms with van der Waals surface area (Å²) in [5, 5.41) is 9.89. The topological polar surface area (TPSA) is 77.9 Å². The Hall–Kier alpha value is -3.52. The smallest absolute Gasteiger partial charge is 0.309 e. The van der Waals surface area contributed by atoms with Crippen LogP contribution in [0.5, 0.6) is 11.6 Å². The highest BCUT2D eigenvalue weighted by molar-refractivity contribution is 5.79. The zero-order valence-electron chi connectivity index (χ0n) is 25.8. The fourth-order valence-electron chi connectivity index (χ4n) is 6.19. The van der Waals surface area contributed by atoms with E-state index in [9.17, 15) is 14.3 Å². The third-order valence-corrected chi connectivity index (χ3v) is 8.30. The summed E-state index contributed by atoms with van der Waals surface area (Å²) in [7, 11) is 0. The second-order valence-corrected chi connectivity index (χ2v) is 13.1. The van der Waals surface area contributed by atoms with E-state index in [0.29, 0.717) is 54.7 Å². The van der Waals surface area contributed by atoms with Crippen LogP contribution in [0.15, 0.2) is 36.5 Å². The Balaban J connectivity index is 1.25. The van der Waals surface area contributed by atoms with Gasteiger partial charge in [0.25, 0.3) is 0 Å². The molecule has 6 nitrogen and oxygen atoms in total. The van der Waals surface area contributed by atoms with E-state index in [2.05, 4.69) is 4.98 Å². The molecule has 0 amide bonds. The fourth-order valence-corrected chi connectivity index (χ4v) is 6.19. The number of aliphatic hydroxyl groups is 1. The lowest BCUT2D eigenvalue weighted by Crippen LogP contribution is -2.19. The van der Waals surface area contributed by atoms with Crippen molar-refractivity contribution in [2.75, 3.05) is 13.2 Å². The molecule has 3 aromatic rings. The average molecular weight is 594 g/mol. The number of hydrogen-bond donors (Lipinski definition) is 1. The van der Waals surface area contributed by atoms with Gasteiger partial charge in [-0.05, 0) is 105 Å². The van der Waals surface area contributed by atoms with Crippen molar-refractivity contribution in [2.45, 2.75) is 78.9 Å². The van der Waals surface area contributed by atoms with Crippen molar-refractivity contribution in [2.24, 2.45) is 17.8 Å². The number of aromatic nitrogens is 1. The number of fused-ring (bicyclic) bond motifs is 3. The number of rotatable bonds is 12. The van der Waals surface area contributed by atoms with Crippen LogP contribution in [0.25, 0.3) is 11.1 Å². The van der Waals surface area contributed by atoms with Crippen molar-refractivity contribution in [3.05, 3.63) is 76.0 Å². The van der Waals surface area contributed by atoms with Crippen molar-refractivity contribution >= 4 is 5.97 Å². The predicted octanol–water partition coefficient (Wildman–Crippen LogP) is 7.24. The molecule has 1 fully saturated rings. The third kappa shape index (κ3) is 7.01. The summed E-state index contributed by atoms with van der Waals surface area (Å²) in [6, 6.07) is 7.95. The molecule has 1 saturated carbocycles. The maximum absolute atomic E-state index is 15.1. The van der Waals surface area contributed by atoms with Crippen LogP contribution < -0.4 is 9.47 Å². The highest BCUT2D eigenvalue weighted by Crippen LogP contribution is 2.62. The number of carbonyl (C=O) groups excluding carboxylic acids is 1. The molecule has 1 N–H and O–H groups in total. The van der Waals surface area contributed by atoms with Gasteiger partial charge in [0.2, 0.25) is 5.88 Å². The Labute approximate surface area is 252 Å². The van der Waals surface area contributed by atoms with Gasteiger partial charge >= 0.3 is 5.97 Å². The number of halogens is 2. The lowest BCUT2D eigenvalue weighted by molar-refractivity contribution is -0.146. The Morgan fingerprint density at radius 2 is 1.79 bits per heavy atom. The largest absolute Gasteiger partial charge is 0.494 e. The number of benzene rings is 2. The van der Waals surface area contributed by atoms with E-state index in [1.807, 2.05) is 45.9 Å². The monoisotopic (exact) mass is 593 g/mol. The van der Waals surface area contributed by atoms with Crippen LogP contribution in [0.2, 0.25) is 0 Å². The molecule has 5 rings (SSSR count). The molecule has 230 valence electrons. The van der Waals surface area contributed by atoms with E-state index in [4.69, 9.17) is 14.2 Å². The van der Waals surface area contributed by atoms with Crippen LogP contribution in [-0.2, 0) is 22.6 Å². The molecule has 0 saturated heterocycles. The van der Waals surface area contributed by atoms with Crippen LogP contribution in [0, 0.1) is 43.2 Å². The average Bonchev–Trinajstić information content (AvgIpc) is 3.50. The van der Waals surface area contributed by atoms with Crippen LogP contribution in [0.4, 0.5) is 8.78 Å². The number of nitrogens with zero attached hydrogens (tertiary/aromatic N) is 1. The summed E-state index contributed by atoms with van der Waals surface area (Å²) in [5.41, 5.74) is 4.20. The fraction of sp³-hybridized carbons (Fsp3) is 0.486. The van der Waals surface area contributed by atoms with E-state index in [0.717, 1.165) is 34.7 Å². The Bertz CT molecular complexity index is 1490. The number of aryl methyl sites for hydroxylation is 2. The van der Waals surface area contributed by atoms with Gasteiger partial charge in [-0.15, -0.1) is 0 Å². The quantitative estimate of drug-likeness (QED) is 0.176. The maximum Gasteiger partial charge on any atom is 0.309 e. The molecule has 8 heteroatoms. The van der Waals surface area contributed by atoms with E-state index in [-0.39, 0.29) is 35.9 Å². The molecule has 3 atom stereocenters. The van der Waals surface area contributed by atoms with Gasteiger partial charge in [-0.25, -0.2) is 13.8 Å². The lowest BCUT2D eigenvalue weighted by atomic mass is 9.93. The van der Waals surface area contributed by atoms with Crippen LogP contribution in [-0.4, -0.2) is 34.9 Å². The summed E-state index contributed by atoms with van der Waals surface area (Å²) in [6.45, 7) is 12.1. The molecule has 0 radical (unpaired) electrons. The number of pyridine rings is 1. The minimum Gasteiger partial charge on any atom is -0.494 e. The number of carbonyl (C=O) groups is 1. The Morgan fingerprint density at radius 3 is 2.47 bits per heavy atom. The summed E-state index contributed by atoms with van der Waals surface area (Å²) in [4.78, 5) is 16.9. The van der Waals surface area contributed by atoms with Crippen molar-refractivity contribution < 1.29 is 32.9 Å². The molecular weight excluding hydrogens is 552 g/mol. The second-order valence-electron chi connectivity index (χ2n) is 13.1. The number of ether oxygens (including phenoxy) is 3. The molecule has 2 aliphatic carbocycles. The van der Waals surface area contributed by atoms with E-state index in [1.165, 1.54) is 6.07 Å². The first kappa shape index (κ1) is 30.9. The van der Waals surface area contributed by atoms with Crippen LogP contribution in [0.1, 0.15) is 74.3 Å². The van der Waals surface area contributed by atoms with Gasteiger partial charge in [0, 0.05) is 35.4 Å². The number of esters is 1. The first-order chi connectivity index (χ1) is 20.3. The molecule has 0 aliphatic heterocycles. The lowest BCUT2D eigenvalue weighted by Gasteiger charge is -2.18.